The number of hydrogen-bond acceptors (Lipinski definition) is 9. The first-order chi connectivity index (χ1) is 16.5. The lowest BCUT2D eigenvalue weighted by atomic mass is 10.1. The van der Waals surface area contributed by atoms with Crippen LogP contribution in [0.5, 0.6) is 0 Å². The smallest absolute Gasteiger partial charge is 0.272 e. The normalized spacial score (nSPS) is 17.9. The Bertz CT molecular complexity index is 1230. The summed E-state index contributed by atoms with van der Waals surface area (Å²) in [7, 11) is -3.61. The Labute approximate surface area is 206 Å². The lowest BCUT2D eigenvalue weighted by molar-refractivity contribution is -0.385. The van der Waals surface area contributed by atoms with Crippen molar-refractivity contribution in [1.82, 2.24) is 0 Å². The second kappa shape index (κ2) is 11.1. The molecule has 2 aromatic carbocycles. The van der Waals surface area contributed by atoms with E-state index in [2.05, 4.69) is 4.90 Å². The van der Waals surface area contributed by atoms with E-state index in [-0.39, 0.29) is 27.8 Å². The van der Waals surface area contributed by atoms with E-state index >= 15 is 0 Å². The third-order valence-corrected chi connectivity index (χ3v) is 8.89. The standard InChI is InChI=1S/C11H14N2O4S.C11H14N2O3S/c1-9-8-10(2-3-11(9)13(14)15)12-4-6-18(16,17)7-5-12;1-9-8-10(2-3-11(9)13(14)15)12-4-6-17(16)7-5-12/h2-3,8H,4-7H2,1H3;2-3,8H,4-7H2,1H3. The molecule has 35 heavy (non-hydrogen) atoms. The summed E-state index contributed by atoms with van der Waals surface area (Å²) in [5, 5.41) is 21.4. The van der Waals surface area contributed by atoms with Gasteiger partial charge in [0, 0.05) is 83.1 Å². The summed E-state index contributed by atoms with van der Waals surface area (Å²) in [6.07, 6.45) is 0. The summed E-state index contributed by atoms with van der Waals surface area (Å²) in [4.78, 5) is 24.7. The van der Waals surface area contributed by atoms with Crippen molar-refractivity contribution in [3.63, 3.8) is 0 Å². The van der Waals surface area contributed by atoms with Crippen LogP contribution in [0.1, 0.15) is 11.1 Å². The first-order valence-electron chi connectivity index (χ1n) is 11.0. The number of nitro benzene ring substituents is 2. The molecule has 190 valence electrons. The first kappa shape index (κ1) is 26.5. The molecule has 2 aliphatic heterocycles. The van der Waals surface area contributed by atoms with Crippen molar-refractivity contribution in [3.8, 4) is 0 Å². The molecule has 0 bridgehead atoms. The molecular weight excluding hydrogens is 496 g/mol. The zero-order chi connectivity index (χ0) is 25.8. The van der Waals surface area contributed by atoms with Crippen LogP contribution in [0, 0.1) is 34.1 Å². The van der Waals surface area contributed by atoms with Crippen molar-refractivity contribution < 1.29 is 22.5 Å². The van der Waals surface area contributed by atoms with Gasteiger partial charge in [-0.05, 0) is 38.1 Å². The highest BCUT2D eigenvalue weighted by Crippen LogP contribution is 2.26. The summed E-state index contributed by atoms with van der Waals surface area (Å²) in [6.45, 7) is 5.82. The number of rotatable bonds is 4. The second-order valence-corrected chi connectivity index (χ2v) is 12.4. The second-order valence-electron chi connectivity index (χ2n) is 8.43. The van der Waals surface area contributed by atoms with Gasteiger partial charge in [-0.2, -0.15) is 0 Å². The summed E-state index contributed by atoms with van der Waals surface area (Å²) in [5.41, 5.74) is 3.31. The van der Waals surface area contributed by atoms with Crippen LogP contribution < -0.4 is 9.80 Å². The van der Waals surface area contributed by atoms with E-state index in [1.807, 2.05) is 11.0 Å². The Balaban J connectivity index is 0.000000196. The predicted octanol–water partition coefficient (Wildman–Crippen LogP) is 2.61. The van der Waals surface area contributed by atoms with E-state index in [0.717, 1.165) is 24.5 Å². The van der Waals surface area contributed by atoms with Gasteiger partial charge in [-0.1, -0.05) is 0 Å². The summed E-state index contributed by atoms with van der Waals surface area (Å²) < 4.78 is 33.9. The highest BCUT2D eigenvalue weighted by atomic mass is 32.2. The Hall–Kier alpha value is -3.06. The van der Waals surface area contributed by atoms with Crippen molar-refractivity contribution in [1.29, 1.82) is 0 Å². The van der Waals surface area contributed by atoms with Crippen LogP contribution in [0.25, 0.3) is 0 Å². The van der Waals surface area contributed by atoms with E-state index in [1.165, 1.54) is 12.1 Å². The van der Waals surface area contributed by atoms with Gasteiger partial charge in [-0.25, -0.2) is 8.42 Å². The molecule has 2 aliphatic rings. The Morgan fingerprint density at radius 1 is 0.771 bits per heavy atom. The fourth-order valence-electron chi connectivity index (χ4n) is 3.95. The average Bonchev–Trinajstić information content (AvgIpc) is 2.79. The van der Waals surface area contributed by atoms with Crippen molar-refractivity contribution in [2.75, 3.05) is 59.0 Å². The van der Waals surface area contributed by atoms with E-state index in [9.17, 15) is 32.9 Å². The molecule has 11 nitrogen and oxygen atoms in total. The van der Waals surface area contributed by atoms with Gasteiger partial charge >= 0.3 is 0 Å². The minimum absolute atomic E-state index is 0.0865. The summed E-state index contributed by atoms with van der Waals surface area (Å²) in [6, 6.07) is 9.99. The SMILES string of the molecule is Cc1cc(N2CCS(=O)(=O)CC2)ccc1[N+](=O)[O-].Cc1cc(N2CCS(=O)CC2)ccc1[N+](=O)[O-]. The molecule has 0 spiro atoms. The molecular formula is C22H28N4O7S2. The Morgan fingerprint density at radius 2 is 1.17 bits per heavy atom. The number of sulfone groups is 1. The summed E-state index contributed by atoms with van der Waals surface area (Å²) >= 11 is 0. The van der Waals surface area contributed by atoms with Crippen molar-refractivity contribution in [2.24, 2.45) is 0 Å². The van der Waals surface area contributed by atoms with Crippen LogP contribution in [-0.4, -0.2) is 71.7 Å². The predicted molar refractivity (Wildman–Crippen MR) is 137 cm³/mol. The maximum absolute atomic E-state index is 11.3. The third-order valence-electron chi connectivity index (χ3n) is 6.01. The number of anilines is 2. The molecule has 0 aromatic heterocycles. The minimum Gasteiger partial charge on any atom is -0.370 e. The number of benzene rings is 2. The van der Waals surface area contributed by atoms with Crippen LogP contribution in [-0.2, 0) is 20.6 Å². The van der Waals surface area contributed by atoms with E-state index in [0.29, 0.717) is 35.7 Å². The lowest BCUT2D eigenvalue weighted by Gasteiger charge is -2.28. The van der Waals surface area contributed by atoms with Crippen LogP contribution in [0.2, 0.25) is 0 Å². The van der Waals surface area contributed by atoms with Gasteiger partial charge in [0.05, 0.1) is 21.4 Å². The maximum Gasteiger partial charge on any atom is 0.272 e. The van der Waals surface area contributed by atoms with E-state index in [1.54, 1.807) is 32.0 Å². The third kappa shape index (κ3) is 6.98. The molecule has 13 heteroatoms. The lowest BCUT2D eigenvalue weighted by Crippen LogP contribution is -2.40. The van der Waals surface area contributed by atoms with Gasteiger partial charge in [0.1, 0.15) is 0 Å². The van der Waals surface area contributed by atoms with Gasteiger partial charge in [-0.15, -0.1) is 0 Å². The molecule has 2 saturated heterocycles. The van der Waals surface area contributed by atoms with Gasteiger partial charge < -0.3 is 9.80 Å². The van der Waals surface area contributed by atoms with Gasteiger partial charge in [0.25, 0.3) is 11.4 Å². The zero-order valence-electron chi connectivity index (χ0n) is 19.6. The molecule has 0 N–H and O–H groups in total. The molecule has 2 fully saturated rings. The molecule has 0 amide bonds. The van der Waals surface area contributed by atoms with Crippen molar-refractivity contribution >= 4 is 43.4 Å². The summed E-state index contributed by atoms with van der Waals surface area (Å²) in [5.74, 6) is 1.64. The van der Waals surface area contributed by atoms with Crippen LogP contribution in [0.4, 0.5) is 22.7 Å². The molecule has 0 radical (unpaired) electrons. The minimum atomic E-state index is -2.91. The number of aryl methyl sites for hydroxylation is 2. The van der Waals surface area contributed by atoms with Crippen molar-refractivity contribution in [2.45, 2.75) is 13.8 Å². The Kier molecular flexibility index (Phi) is 8.43. The van der Waals surface area contributed by atoms with Gasteiger partial charge in [0.2, 0.25) is 0 Å². The number of nitrogens with zero attached hydrogens (tertiary/aromatic N) is 4. The maximum atomic E-state index is 11.3. The molecule has 4 rings (SSSR count). The average molecular weight is 525 g/mol. The van der Waals surface area contributed by atoms with Gasteiger partial charge in [0.15, 0.2) is 9.84 Å². The quantitative estimate of drug-likeness (QED) is 0.435. The zero-order valence-corrected chi connectivity index (χ0v) is 21.2. The Morgan fingerprint density at radius 3 is 1.54 bits per heavy atom. The van der Waals surface area contributed by atoms with E-state index < -0.39 is 25.6 Å². The van der Waals surface area contributed by atoms with Crippen LogP contribution in [0.15, 0.2) is 36.4 Å². The fourth-order valence-corrected chi connectivity index (χ4v) is 6.20. The fraction of sp³-hybridized carbons (Fsp3) is 0.455. The topological polar surface area (TPSA) is 144 Å². The largest absolute Gasteiger partial charge is 0.370 e. The highest BCUT2D eigenvalue weighted by molar-refractivity contribution is 7.91. The molecule has 0 unspecified atom stereocenters. The molecule has 0 atom stereocenters. The highest BCUT2D eigenvalue weighted by Gasteiger charge is 2.23. The molecule has 2 aromatic rings. The van der Waals surface area contributed by atoms with E-state index in [4.69, 9.17) is 0 Å². The van der Waals surface area contributed by atoms with Crippen LogP contribution >= 0.6 is 0 Å². The monoisotopic (exact) mass is 524 g/mol. The van der Waals surface area contributed by atoms with Gasteiger partial charge in [-0.3, -0.25) is 24.4 Å². The molecule has 0 aliphatic carbocycles. The first-order valence-corrected chi connectivity index (χ1v) is 14.3. The number of nitro groups is 2. The molecule has 2 heterocycles. The van der Waals surface area contributed by atoms with Crippen molar-refractivity contribution in [3.05, 3.63) is 67.8 Å². The van der Waals surface area contributed by atoms with Crippen LogP contribution in [0.3, 0.4) is 0 Å². The number of hydrogen-bond donors (Lipinski definition) is 0. The molecule has 0 saturated carbocycles.